The SMILES string of the molecule is BrC1=C[Se]C(=C2[Se]C=C[Se]2)[Se]1. The number of hydrogen-bond donors (Lipinski definition) is 0. The van der Waals surface area contributed by atoms with E-state index in [-0.39, 0.29) is 0 Å². The van der Waals surface area contributed by atoms with Gasteiger partial charge in [-0.05, 0) is 0 Å². The van der Waals surface area contributed by atoms with Gasteiger partial charge in [0.1, 0.15) is 0 Å². The summed E-state index contributed by atoms with van der Waals surface area (Å²) in [5.74, 6) is 0. The van der Waals surface area contributed by atoms with Crippen LogP contribution in [0.25, 0.3) is 0 Å². The molecule has 0 spiro atoms. The second-order valence-electron chi connectivity index (χ2n) is 1.72. The Bertz CT molecular complexity index is 256. The molecule has 0 aromatic rings. The molecule has 11 heavy (non-hydrogen) atoms. The first-order chi connectivity index (χ1) is 5.36. The normalized spacial score (nSPS) is 23.2. The molecule has 0 N–H and O–H groups in total. The maximum atomic E-state index is 3.59. The summed E-state index contributed by atoms with van der Waals surface area (Å²) in [6, 6.07) is 0. The van der Waals surface area contributed by atoms with Crippen LogP contribution >= 0.6 is 15.9 Å². The Balaban J connectivity index is 2.12. The Morgan fingerprint density at radius 3 is 2.27 bits per heavy atom. The van der Waals surface area contributed by atoms with Crippen molar-refractivity contribution >= 4 is 75.8 Å². The number of halogens is 1. The average Bonchev–Trinajstić information content (AvgIpc) is 2.55. The molecule has 0 atom stereocenters. The molecule has 2 aliphatic heterocycles. The Kier molecular flexibility index (Phi) is 3.67. The van der Waals surface area contributed by atoms with Crippen LogP contribution in [-0.2, 0) is 0 Å². The van der Waals surface area contributed by atoms with Crippen molar-refractivity contribution in [3.05, 3.63) is 25.0 Å². The van der Waals surface area contributed by atoms with Crippen molar-refractivity contribution in [1.29, 1.82) is 0 Å². The van der Waals surface area contributed by atoms with Crippen molar-refractivity contribution in [2.45, 2.75) is 0 Å². The Morgan fingerprint density at radius 2 is 1.73 bits per heavy atom. The molecule has 0 nitrogen and oxygen atoms in total. The van der Waals surface area contributed by atoms with E-state index in [2.05, 4.69) is 30.9 Å². The predicted molar refractivity (Wildman–Crippen MR) is 56.2 cm³/mol. The van der Waals surface area contributed by atoms with Crippen LogP contribution in [0.5, 0.6) is 0 Å². The van der Waals surface area contributed by atoms with Gasteiger partial charge in [0, 0.05) is 0 Å². The van der Waals surface area contributed by atoms with Crippen molar-refractivity contribution in [3.63, 3.8) is 0 Å². The Morgan fingerprint density at radius 1 is 1.00 bits per heavy atom. The van der Waals surface area contributed by atoms with Crippen LogP contribution < -0.4 is 0 Å². The molecule has 2 rings (SSSR count). The van der Waals surface area contributed by atoms with E-state index in [0.29, 0.717) is 29.9 Å². The summed E-state index contributed by atoms with van der Waals surface area (Å²) >= 11 is 6.47. The Hall–Kier alpha value is 1.78. The quantitative estimate of drug-likeness (QED) is 0.456. The van der Waals surface area contributed by atoms with Crippen LogP contribution in [0.3, 0.4) is 0 Å². The molecule has 0 saturated heterocycles. The zero-order valence-electron chi connectivity index (χ0n) is 5.24. The fourth-order valence-electron chi connectivity index (χ4n) is 0.629. The van der Waals surface area contributed by atoms with E-state index in [1.807, 2.05) is 6.74 Å². The molecule has 0 saturated carbocycles. The van der Waals surface area contributed by atoms with E-state index in [1.54, 1.807) is 0 Å². The molecule has 0 unspecified atom stereocenters. The van der Waals surface area contributed by atoms with Crippen LogP contribution in [0.1, 0.15) is 0 Å². The summed E-state index contributed by atoms with van der Waals surface area (Å²) in [4.78, 5) is 7.15. The summed E-state index contributed by atoms with van der Waals surface area (Å²) in [6.07, 6.45) is 0. The minimum atomic E-state index is 0.685. The molecular formula is C6H3BrSe4. The Labute approximate surface area is 99.5 Å². The maximum absolute atomic E-state index is 3.59. The zero-order valence-corrected chi connectivity index (χ0v) is 13.7. The van der Waals surface area contributed by atoms with Gasteiger partial charge in [-0.2, -0.15) is 0 Å². The van der Waals surface area contributed by atoms with E-state index in [9.17, 15) is 0 Å². The van der Waals surface area contributed by atoms with E-state index >= 15 is 0 Å². The van der Waals surface area contributed by atoms with Gasteiger partial charge in [-0.25, -0.2) is 0 Å². The fourth-order valence-corrected chi connectivity index (χ4v) is 16.0. The minimum absolute atomic E-state index is 0.685. The van der Waals surface area contributed by atoms with Crippen molar-refractivity contribution < 1.29 is 0 Å². The van der Waals surface area contributed by atoms with E-state index in [4.69, 9.17) is 0 Å². The van der Waals surface area contributed by atoms with Gasteiger partial charge in [0.25, 0.3) is 0 Å². The summed E-state index contributed by atoms with van der Waals surface area (Å²) < 4.78 is 5.13. The van der Waals surface area contributed by atoms with Gasteiger partial charge in [0.05, 0.1) is 0 Å². The van der Waals surface area contributed by atoms with Crippen LogP contribution in [0.4, 0.5) is 0 Å². The molecule has 0 aromatic heterocycles. The van der Waals surface area contributed by atoms with Gasteiger partial charge in [-0.3, -0.25) is 0 Å². The van der Waals surface area contributed by atoms with Crippen molar-refractivity contribution in [1.82, 2.24) is 0 Å². The average molecular weight is 471 g/mol. The second kappa shape index (κ2) is 4.33. The summed E-state index contributed by atoms with van der Waals surface area (Å²) in [7, 11) is 0. The second-order valence-corrected chi connectivity index (χ2v) is 14.3. The third kappa shape index (κ3) is 2.37. The first-order valence-electron chi connectivity index (χ1n) is 2.79. The molecule has 0 bridgehead atoms. The van der Waals surface area contributed by atoms with Crippen LogP contribution in [0, 0.1) is 0 Å². The monoisotopic (exact) mass is 474 g/mol. The molecule has 2 aliphatic rings. The van der Waals surface area contributed by atoms with E-state index in [0.717, 1.165) is 29.9 Å². The summed E-state index contributed by atoms with van der Waals surface area (Å²) in [5.41, 5.74) is 0. The zero-order chi connectivity index (χ0) is 7.68. The first kappa shape index (κ1) is 9.34. The topological polar surface area (TPSA) is 0 Å². The van der Waals surface area contributed by atoms with Gasteiger partial charge < -0.3 is 0 Å². The number of rotatable bonds is 0. The molecule has 5 heteroatoms. The molecule has 0 fully saturated rings. The van der Waals surface area contributed by atoms with E-state index < -0.39 is 0 Å². The third-order valence-corrected chi connectivity index (χ3v) is 17.1. The number of hydrogen-bond acceptors (Lipinski definition) is 0. The third-order valence-electron chi connectivity index (χ3n) is 1.02. The molecule has 0 aromatic carbocycles. The molecular weight excluding hydrogens is 468 g/mol. The molecule has 0 amide bonds. The van der Waals surface area contributed by atoms with Gasteiger partial charge >= 0.3 is 101 Å². The first-order valence-corrected chi connectivity index (χ1v) is 10.8. The van der Waals surface area contributed by atoms with Crippen LogP contribution in [0.15, 0.2) is 25.0 Å². The standard InChI is InChI=1S/C6H3BrSe4/c7-4-3-10-6(11-4)5-8-1-2-9-5/h1-3H. The van der Waals surface area contributed by atoms with Crippen molar-refractivity contribution in [2.75, 3.05) is 0 Å². The molecule has 0 aliphatic carbocycles. The molecule has 2 heterocycles. The molecule has 0 radical (unpaired) electrons. The predicted octanol–water partition coefficient (Wildman–Crippen LogP) is 0.622. The van der Waals surface area contributed by atoms with Gasteiger partial charge in [-0.15, -0.1) is 0 Å². The fraction of sp³-hybridized carbons (Fsp3) is 0. The summed E-state index contributed by atoms with van der Waals surface area (Å²) in [6.45, 7) is 0. The van der Waals surface area contributed by atoms with Crippen LogP contribution in [-0.4, -0.2) is 59.8 Å². The van der Waals surface area contributed by atoms with Crippen molar-refractivity contribution in [3.8, 4) is 0 Å². The van der Waals surface area contributed by atoms with Gasteiger partial charge in [0.2, 0.25) is 0 Å². The van der Waals surface area contributed by atoms with Crippen LogP contribution in [0.2, 0.25) is 0 Å². The summed E-state index contributed by atoms with van der Waals surface area (Å²) in [5, 5.41) is 0. The van der Waals surface area contributed by atoms with Gasteiger partial charge in [-0.1, -0.05) is 0 Å². The van der Waals surface area contributed by atoms with Crippen molar-refractivity contribution in [2.24, 2.45) is 0 Å². The van der Waals surface area contributed by atoms with E-state index in [1.165, 1.54) is 3.38 Å². The molecule has 58 valence electrons. The van der Waals surface area contributed by atoms with Gasteiger partial charge in [0.15, 0.2) is 0 Å².